The molecule has 0 saturated heterocycles. The number of carbonyl (C=O) groups is 1. The van der Waals surface area contributed by atoms with Crippen molar-refractivity contribution in [2.45, 2.75) is 38.6 Å². The highest BCUT2D eigenvalue weighted by Gasteiger charge is 2.45. The molecule has 2 rings (SSSR count). The summed E-state index contributed by atoms with van der Waals surface area (Å²) in [5, 5.41) is 3.07. The van der Waals surface area contributed by atoms with Gasteiger partial charge in [-0.05, 0) is 36.5 Å². The van der Waals surface area contributed by atoms with E-state index in [1.807, 2.05) is 13.8 Å². The quantitative estimate of drug-likeness (QED) is 0.854. The second-order valence-electron chi connectivity index (χ2n) is 5.24. The van der Waals surface area contributed by atoms with Crippen LogP contribution in [-0.2, 0) is 10.3 Å². The predicted molar refractivity (Wildman–Crippen MR) is 64.9 cm³/mol. The molecule has 1 aromatic carbocycles. The Morgan fingerprint density at radius 2 is 1.94 bits per heavy atom. The highest BCUT2D eigenvalue weighted by Crippen LogP contribution is 2.45. The molecule has 0 aliphatic heterocycles. The SMILES string of the molecule is CC(C)CC(=O)NC1(c2ccc(F)cc2)CC1. The van der Waals surface area contributed by atoms with Gasteiger partial charge in [-0.25, -0.2) is 4.39 Å². The van der Waals surface area contributed by atoms with Crippen molar-refractivity contribution in [3.05, 3.63) is 35.6 Å². The third kappa shape index (κ3) is 2.84. The van der Waals surface area contributed by atoms with Crippen molar-refractivity contribution in [3.8, 4) is 0 Å². The minimum atomic E-state index is -0.238. The van der Waals surface area contributed by atoms with Crippen LogP contribution in [0.3, 0.4) is 0 Å². The Kier molecular flexibility index (Phi) is 3.18. The summed E-state index contributed by atoms with van der Waals surface area (Å²) < 4.78 is 12.8. The average molecular weight is 235 g/mol. The van der Waals surface area contributed by atoms with Gasteiger partial charge in [0.05, 0.1) is 5.54 Å². The zero-order chi connectivity index (χ0) is 12.5. The number of halogens is 1. The Labute approximate surface area is 101 Å². The molecule has 0 atom stereocenters. The summed E-state index contributed by atoms with van der Waals surface area (Å²) in [6.45, 7) is 4.05. The Balaban J connectivity index is 2.05. The number of rotatable bonds is 4. The van der Waals surface area contributed by atoms with Gasteiger partial charge in [-0.2, -0.15) is 0 Å². The molecule has 1 N–H and O–H groups in total. The molecule has 3 heteroatoms. The van der Waals surface area contributed by atoms with E-state index in [0.717, 1.165) is 18.4 Å². The summed E-state index contributed by atoms with van der Waals surface area (Å²) >= 11 is 0. The molecule has 1 saturated carbocycles. The molecule has 2 nitrogen and oxygen atoms in total. The molecule has 1 aliphatic rings. The van der Waals surface area contributed by atoms with Crippen LogP contribution in [0.25, 0.3) is 0 Å². The third-order valence-electron chi connectivity index (χ3n) is 3.12. The molecular formula is C14H18FNO. The van der Waals surface area contributed by atoms with Crippen LogP contribution in [0, 0.1) is 11.7 Å². The van der Waals surface area contributed by atoms with Crippen LogP contribution in [0.1, 0.15) is 38.7 Å². The summed E-state index contributed by atoms with van der Waals surface area (Å²) in [5.41, 5.74) is 0.788. The van der Waals surface area contributed by atoms with Crippen molar-refractivity contribution in [2.75, 3.05) is 0 Å². The molecule has 17 heavy (non-hydrogen) atoms. The van der Waals surface area contributed by atoms with Crippen molar-refractivity contribution in [1.82, 2.24) is 5.32 Å². The summed E-state index contributed by atoms with van der Waals surface area (Å²) in [6, 6.07) is 6.42. The van der Waals surface area contributed by atoms with Gasteiger partial charge < -0.3 is 5.32 Å². The Morgan fingerprint density at radius 1 is 1.35 bits per heavy atom. The molecule has 1 aromatic rings. The first-order valence-corrected chi connectivity index (χ1v) is 6.09. The van der Waals surface area contributed by atoms with E-state index in [9.17, 15) is 9.18 Å². The maximum absolute atomic E-state index is 12.8. The van der Waals surface area contributed by atoms with Crippen LogP contribution >= 0.6 is 0 Å². The first-order valence-electron chi connectivity index (χ1n) is 6.09. The standard InChI is InChI=1S/C14H18FNO/c1-10(2)9-13(17)16-14(7-8-14)11-3-5-12(15)6-4-11/h3-6,10H,7-9H2,1-2H3,(H,16,17). The van der Waals surface area contributed by atoms with E-state index >= 15 is 0 Å². The lowest BCUT2D eigenvalue weighted by molar-refractivity contribution is -0.122. The lowest BCUT2D eigenvalue weighted by Crippen LogP contribution is -2.35. The lowest BCUT2D eigenvalue weighted by Gasteiger charge is -2.18. The summed E-state index contributed by atoms with van der Waals surface area (Å²) in [5.74, 6) is 0.207. The second-order valence-corrected chi connectivity index (χ2v) is 5.24. The smallest absolute Gasteiger partial charge is 0.220 e. The van der Waals surface area contributed by atoms with Gasteiger partial charge in [-0.1, -0.05) is 26.0 Å². The molecule has 92 valence electrons. The molecule has 1 aliphatic carbocycles. The molecule has 0 unspecified atom stereocenters. The van der Waals surface area contributed by atoms with Crippen molar-refractivity contribution in [3.63, 3.8) is 0 Å². The van der Waals surface area contributed by atoms with E-state index in [1.54, 1.807) is 12.1 Å². The van der Waals surface area contributed by atoms with Gasteiger partial charge in [0.2, 0.25) is 5.91 Å². The van der Waals surface area contributed by atoms with Gasteiger partial charge in [0, 0.05) is 6.42 Å². The zero-order valence-corrected chi connectivity index (χ0v) is 10.3. The van der Waals surface area contributed by atoms with Crippen LogP contribution in [-0.4, -0.2) is 5.91 Å². The van der Waals surface area contributed by atoms with Gasteiger partial charge in [0.15, 0.2) is 0 Å². The first kappa shape index (κ1) is 12.1. The summed E-state index contributed by atoms with van der Waals surface area (Å²) in [7, 11) is 0. The lowest BCUT2D eigenvalue weighted by atomic mass is 10.0. The molecule has 0 bridgehead atoms. The Bertz CT molecular complexity index is 407. The van der Waals surface area contributed by atoms with Crippen molar-refractivity contribution >= 4 is 5.91 Å². The fourth-order valence-corrected chi connectivity index (χ4v) is 2.07. The molecule has 0 aromatic heterocycles. The Hall–Kier alpha value is -1.38. The fourth-order valence-electron chi connectivity index (χ4n) is 2.07. The maximum Gasteiger partial charge on any atom is 0.220 e. The second kappa shape index (κ2) is 4.47. The molecular weight excluding hydrogens is 217 g/mol. The number of hydrogen-bond acceptors (Lipinski definition) is 1. The molecule has 1 fully saturated rings. The largest absolute Gasteiger partial charge is 0.347 e. The van der Waals surface area contributed by atoms with E-state index in [0.29, 0.717) is 12.3 Å². The van der Waals surface area contributed by atoms with Crippen LogP contribution < -0.4 is 5.32 Å². The zero-order valence-electron chi connectivity index (χ0n) is 10.3. The topological polar surface area (TPSA) is 29.1 Å². The monoisotopic (exact) mass is 235 g/mol. The van der Waals surface area contributed by atoms with Crippen LogP contribution in [0.5, 0.6) is 0 Å². The fraction of sp³-hybridized carbons (Fsp3) is 0.500. The van der Waals surface area contributed by atoms with Crippen molar-refractivity contribution in [1.29, 1.82) is 0 Å². The molecule has 1 amide bonds. The van der Waals surface area contributed by atoms with Crippen LogP contribution in [0.4, 0.5) is 4.39 Å². The predicted octanol–water partition coefficient (Wildman–Crippen LogP) is 2.98. The summed E-state index contributed by atoms with van der Waals surface area (Å²) in [6.07, 6.45) is 2.44. The van der Waals surface area contributed by atoms with Gasteiger partial charge in [0.1, 0.15) is 5.82 Å². The Morgan fingerprint density at radius 3 is 2.41 bits per heavy atom. The average Bonchev–Trinajstić information content (AvgIpc) is 2.98. The normalized spacial score (nSPS) is 16.9. The number of hydrogen-bond donors (Lipinski definition) is 1. The van der Waals surface area contributed by atoms with Crippen molar-refractivity contribution < 1.29 is 9.18 Å². The minimum absolute atomic E-state index is 0.0850. The number of benzene rings is 1. The highest BCUT2D eigenvalue weighted by atomic mass is 19.1. The van der Waals surface area contributed by atoms with Crippen LogP contribution in [0.15, 0.2) is 24.3 Å². The van der Waals surface area contributed by atoms with Gasteiger partial charge in [-0.15, -0.1) is 0 Å². The minimum Gasteiger partial charge on any atom is -0.347 e. The third-order valence-corrected chi connectivity index (χ3v) is 3.12. The van der Waals surface area contributed by atoms with Gasteiger partial charge in [-0.3, -0.25) is 4.79 Å². The van der Waals surface area contributed by atoms with E-state index in [2.05, 4.69) is 5.32 Å². The molecule has 0 heterocycles. The van der Waals surface area contributed by atoms with E-state index in [-0.39, 0.29) is 17.3 Å². The van der Waals surface area contributed by atoms with Crippen molar-refractivity contribution in [2.24, 2.45) is 5.92 Å². The summed E-state index contributed by atoms with van der Waals surface area (Å²) in [4.78, 5) is 11.8. The molecule has 0 spiro atoms. The number of nitrogens with one attached hydrogen (secondary N) is 1. The highest BCUT2D eigenvalue weighted by molar-refractivity contribution is 5.77. The van der Waals surface area contributed by atoms with E-state index < -0.39 is 0 Å². The maximum atomic E-state index is 12.8. The first-order chi connectivity index (χ1) is 8.02. The number of amides is 1. The number of carbonyl (C=O) groups excluding carboxylic acids is 1. The van der Waals surface area contributed by atoms with E-state index in [4.69, 9.17) is 0 Å². The van der Waals surface area contributed by atoms with Gasteiger partial charge >= 0.3 is 0 Å². The van der Waals surface area contributed by atoms with Crippen LogP contribution in [0.2, 0.25) is 0 Å². The van der Waals surface area contributed by atoms with E-state index in [1.165, 1.54) is 12.1 Å². The van der Waals surface area contributed by atoms with Gasteiger partial charge in [0.25, 0.3) is 0 Å². The molecule has 0 radical (unpaired) electrons.